The molecule has 0 aliphatic rings. The van der Waals surface area contributed by atoms with Crippen molar-refractivity contribution in [2.75, 3.05) is 12.8 Å². The second kappa shape index (κ2) is 7.06. The van der Waals surface area contributed by atoms with Crippen molar-refractivity contribution in [1.82, 2.24) is 5.32 Å². The summed E-state index contributed by atoms with van der Waals surface area (Å²) >= 11 is 1.80. The van der Waals surface area contributed by atoms with Crippen molar-refractivity contribution >= 4 is 17.9 Å². The molecule has 1 atom stereocenters. The zero-order valence-electron chi connectivity index (χ0n) is 8.79. The van der Waals surface area contributed by atoms with Crippen molar-refractivity contribution in [3.8, 4) is 0 Å². The van der Waals surface area contributed by atoms with Crippen LogP contribution in [-0.2, 0) is 4.74 Å². The minimum absolute atomic E-state index is 0.0435. The summed E-state index contributed by atoms with van der Waals surface area (Å²) in [6, 6.07) is 0. The predicted octanol–water partition coefficient (Wildman–Crippen LogP) is 2.26. The van der Waals surface area contributed by atoms with Gasteiger partial charge in [-0.05, 0) is 26.5 Å². The van der Waals surface area contributed by atoms with Gasteiger partial charge in [0.05, 0.1) is 6.10 Å². The van der Waals surface area contributed by atoms with Crippen LogP contribution in [0.1, 0.15) is 27.2 Å². The second-order valence-corrected chi connectivity index (χ2v) is 4.49. The molecule has 0 aliphatic carbocycles. The van der Waals surface area contributed by atoms with Crippen molar-refractivity contribution in [3.05, 3.63) is 0 Å². The Kier molecular flexibility index (Phi) is 6.86. The quantitative estimate of drug-likeness (QED) is 0.748. The topological polar surface area (TPSA) is 38.3 Å². The first-order valence-electron chi connectivity index (χ1n) is 4.53. The molecule has 1 N–H and O–H groups in total. The molecule has 0 fully saturated rings. The van der Waals surface area contributed by atoms with Gasteiger partial charge in [-0.1, -0.05) is 6.92 Å². The minimum Gasteiger partial charge on any atom is -0.447 e. The fourth-order valence-electron chi connectivity index (χ4n) is 0.751. The number of ether oxygens (including phenoxy) is 1. The van der Waals surface area contributed by atoms with Crippen molar-refractivity contribution in [2.45, 2.75) is 38.5 Å². The molecule has 13 heavy (non-hydrogen) atoms. The van der Waals surface area contributed by atoms with E-state index < -0.39 is 0 Å². The van der Waals surface area contributed by atoms with E-state index >= 15 is 0 Å². The maximum atomic E-state index is 11.0. The molecule has 4 heteroatoms. The van der Waals surface area contributed by atoms with Crippen molar-refractivity contribution in [2.24, 2.45) is 0 Å². The monoisotopic (exact) mass is 205 g/mol. The molecule has 3 nitrogen and oxygen atoms in total. The number of carbonyl (C=O) groups excluding carboxylic acids is 1. The van der Waals surface area contributed by atoms with E-state index in [-0.39, 0.29) is 12.2 Å². The first-order valence-corrected chi connectivity index (χ1v) is 5.82. The second-order valence-electron chi connectivity index (χ2n) is 3.22. The number of alkyl carbamates (subject to hydrolysis) is 1. The molecule has 78 valence electrons. The van der Waals surface area contributed by atoms with Gasteiger partial charge >= 0.3 is 6.09 Å². The van der Waals surface area contributed by atoms with Crippen molar-refractivity contribution in [1.29, 1.82) is 0 Å². The molecule has 0 spiro atoms. The number of rotatable bonds is 5. The highest BCUT2D eigenvalue weighted by Gasteiger charge is 2.04. The van der Waals surface area contributed by atoms with Crippen LogP contribution in [-0.4, -0.2) is 30.2 Å². The number of thioether (sulfide) groups is 1. The van der Waals surface area contributed by atoms with Crippen LogP contribution in [0.4, 0.5) is 4.79 Å². The molecule has 0 aliphatic heterocycles. The van der Waals surface area contributed by atoms with Crippen LogP contribution in [0.15, 0.2) is 0 Å². The molecule has 0 aromatic rings. The van der Waals surface area contributed by atoms with E-state index in [0.29, 0.717) is 11.8 Å². The fourth-order valence-corrected chi connectivity index (χ4v) is 1.10. The van der Waals surface area contributed by atoms with Crippen LogP contribution < -0.4 is 5.32 Å². The van der Waals surface area contributed by atoms with Gasteiger partial charge in [0.2, 0.25) is 0 Å². The Bertz CT molecular complexity index is 151. The van der Waals surface area contributed by atoms with Gasteiger partial charge in [-0.2, -0.15) is 11.8 Å². The van der Waals surface area contributed by atoms with Crippen LogP contribution in [0.25, 0.3) is 0 Å². The van der Waals surface area contributed by atoms with E-state index in [1.165, 1.54) is 0 Å². The van der Waals surface area contributed by atoms with Gasteiger partial charge in [-0.3, -0.25) is 0 Å². The minimum atomic E-state index is -0.316. The van der Waals surface area contributed by atoms with E-state index in [1.807, 2.05) is 13.8 Å². The molecule has 0 aromatic heterocycles. The summed E-state index contributed by atoms with van der Waals surface area (Å²) < 4.78 is 4.91. The first-order chi connectivity index (χ1) is 6.06. The third-order valence-corrected chi connectivity index (χ3v) is 2.61. The summed E-state index contributed by atoms with van der Waals surface area (Å²) in [6.45, 7) is 6.50. The van der Waals surface area contributed by atoms with Crippen LogP contribution in [0.5, 0.6) is 0 Å². The highest BCUT2D eigenvalue weighted by Crippen LogP contribution is 2.07. The summed E-state index contributed by atoms with van der Waals surface area (Å²) in [6.07, 6.45) is 2.69. The molecule has 0 saturated heterocycles. The van der Waals surface area contributed by atoms with E-state index in [2.05, 4.69) is 18.5 Å². The third-order valence-electron chi connectivity index (χ3n) is 1.57. The third kappa shape index (κ3) is 7.96. The Balaban J connectivity index is 3.37. The van der Waals surface area contributed by atoms with Gasteiger partial charge in [0, 0.05) is 11.8 Å². The highest BCUT2D eigenvalue weighted by molar-refractivity contribution is 7.99. The van der Waals surface area contributed by atoms with Gasteiger partial charge in [0.1, 0.15) is 0 Å². The summed E-state index contributed by atoms with van der Waals surface area (Å²) in [5.41, 5.74) is 0. The molecule has 1 unspecified atom stereocenters. The Morgan fingerprint density at radius 1 is 1.46 bits per heavy atom. The average Bonchev–Trinajstić information content (AvgIpc) is 2.02. The lowest BCUT2D eigenvalue weighted by molar-refractivity contribution is 0.115. The molecule has 0 heterocycles. The van der Waals surface area contributed by atoms with Crippen molar-refractivity contribution < 1.29 is 9.53 Å². The summed E-state index contributed by atoms with van der Waals surface area (Å²) in [5.74, 6) is 0. The predicted molar refractivity (Wildman–Crippen MR) is 57.2 cm³/mol. The first kappa shape index (κ1) is 12.6. The zero-order valence-corrected chi connectivity index (χ0v) is 9.61. The van der Waals surface area contributed by atoms with Gasteiger partial charge in [0.25, 0.3) is 0 Å². The van der Waals surface area contributed by atoms with Crippen LogP contribution >= 0.6 is 11.8 Å². The SMILES string of the molecule is CSC(C)CCNC(=O)OC(C)C. The summed E-state index contributed by atoms with van der Waals surface area (Å²) in [7, 11) is 0. The normalized spacial score (nSPS) is 12.7. The van der Waals surface area contributed by atoms with Gasteiger partial charge in [-0.25, -0.2) is 4.79 Å². The molecule has 1 amide bonds. The Morgan fingerprint density at radius 2 is 2.08 bits per heavy atom. The van der Waals surface area contributed by atoms with Crippen LogP contribution in [0.2, 0.25) is 0 Å². The smallest absolute Gasteiger partial charge is 0.407 e. The Hall–Kier alpha value is -0.380. The van der Waals surface area contributed by atoms with Gasteiger partial charge in [0.15, 0.2) is 0 Å². The highest BCUT2D eigenvalue weighted by atomic mass is 32.2. The number of amides is 1. The fraction of sp³-hybridized carbons (Fsp3) is 0.889. The molecule has 0 saturated carbocycles. The van der Waals surface area contributed by atoms with Crippen molar-refractivity contribution in [3.63, 3.8) is 0 Å². The van der Waals surface area contributed by atoms with E-state index in [1.54, 1.807) is 11.8 Å². The molecular weight excluding hydrogens is 186 g/mol. The lowest BCUT2D eigenvalue weighted by atomic mass is 10.3. The van der Waals surface area contributed by atoms with E-state index in [4.69, 9.17) is 4.74 Å². The molecule has 0 bridgehead atoms. The number of nitrogens with one attached hydrogen (secondary N) is 1. The van der Waals surface area contributed by atoms with Crippen LogP contribution in [0, 0.1) is 0 Å². The number of carbonyl (C=O) groups is 1. The molecule has 0 aromatic carbocycles. The average molecular weight is 205 g/mol. The lowest BCUT2D eigenvalue weighted by Crippen LogP contribution is -2.28. The number of hydrogen-bond donors (Lipinski definition) is 1. The standard InChI is InChI=1S/C9H19NO2S/c1-7(2)12-9(11)10-6-5-8(3)13-4/h7-8H,5-6H2,1-4H3,(H,10,11). The van der Waals surface area contributed by atoms with E-state index in [0.717, 1.165) is 6.42 Å². The largest absolute Gasteiger partial charge is 0.447 e. The maximum Gasteiger partial charge on any atom is 0.407 e. The van der Waals surface area contributed by atoms with Crippen LogP contribution in [0.3, 0.4) is 0 Å². The Labute approximate surface area is 84.6 Å². The molecular formula is C9H19NO2S. The lowest BCUT2D eigenvalue weighted by Gasteiger charge is -2.11. The molecule has 0 rings (SSSR count). The van der Waals surface area contributed by atoms with E-state index in [9.17, 15) is 4.79 Å². The Morgan fingerprint density at radius 3 is 2.54 bits per heavy atom. The van der Waals surface area contributed by atoms with Gasteiger partial charge < -0.3 is 10.1 Å². The maximum absolute atomic E-state index is 11.0. The summed E-state index contributed by atoms with van der Waals surface area (Å²) in [4.78, 5) is 11.0. The zero-order chi connectivity index (χ0) is 10.3. The number of hydrogen-bond acceptors (Lipinski definition) is 3. The van der Waals surface area contributed by atoms with Gasteiger partial charge in [-0.15, -0.1) is 0 Å². The molecule has 0 radical (unpaired) electrons. The summed E-state index contributed by atoms with van der Waals surface area (Å²) in [5, 5.41) is 3.29.